The number of benzene rings is 1. The van der Waals surface area contributed by atoms with Gasteiger partial charge in [0.15, 0.2) is 0 Å². The summed E-state index contributed by atoms with van der Waals surface area (Å²) in [4.78, 5) is 11.8. The van der Waals surface area contributed by atoms with E-state index in [0.29, 0.717) is 19.4 Å². The lowest BCUT2D eigenvalue weighted by Gasteiger charge is -2.12. The van der Waals surface area contributed by atoms with Gasteiger partial charge in [0.05, 0.1) is 6.07 Å². The van der Waals surface area contributed by atoms with Crippen LogP contribution >= 0.6 is 0 Å². The van der Waals surface area contributed by atoms with E-state index < -0.39 is 5.41 Å². The first-order valence-corrected chi connectivity index (χ1v) is 6.75. The van der Waals surface area contributed by atoms with Gasteiger partial charge < -0.3 is 5.32 Å². The van der Waals surface area contributed by atoms with E-state index in [1.807, 2.05) is 0 Å². The maximum atomic E-state index is 11.8. The van der Waals surface area contributed by atoms with Crippen molar-refractivity contribution >= 4 is 5.91 Å². The first kappa shape index (κ1) is 13.6. The Morgan fingerprint density at radius 3 is 2.58 bits per heavy atom. The highest BCUT2D eigenvalue weighted by molar-refractivity contribution is 5.88. The van der Waals surface area contributed by atoms with Crippen molar-refractivity contribution in [1.82, 2.24) is 5.32 Å². The molecule has 0 atom stereocenters. The van der Waals surface area contributed by atoms with E-state index in [2.05, 4.69) is 44.3 Å². The average Bonchev–Trinajstić information content (AvgIpc) is 3.19. The summed E-state index contributed by atoms with van der Waals surface area (Å²) in [6, 6.07) is 6.36. The summed E-state index contributed by atoms with van der Waals surface area (Å²) >= 11 is 0. The normalized spacial score (nSPS) is 15.7. The molecule has 0 radical (unpaired) electrons. The third kappa shape index (κ3) is 2.63. The second kappa shape index (κ2) is 5.05. The van der Waals surface area contributed by atoms with Crippen LogP contribution in [0.3, 0.4) is 0 Å². The maximum Gasteiger partial charge on any atom is 0.240 e. The lowest BCUT2D eigenvalue weighted by Crippen LogP contribution is -2.32. The monoisotopic (exact) mass is 256 g/mol. The summed E-state index contributed by atoms with van der Waals surface area (Å²) in [6.07, 6.45) is 2.23. The first-order valence-electron chi connectivity index (χ1n) is 6.75. The molecule has 3 nitrogen and oxygen atoms in total. The molecule has 1 amide bonds. The summed E-state index contributed by atoms with van der Waals surface area (Å²) in [7, 11) is 0. The largest absolute Gasteiger partial charge is 0.354 e. The molecule has 0 spiro atoms. The number of amides is 1. The van der Waals surface area contributed by atoms with Crippen LogP contribution in [0.5, 0.6) is 0 Å². The topological polar surface area (TPSA) is 52.9 Å². The minimum Gasteiger partial charge on any atom is -0.354 e. The Hall–Kier alpha value is -1.82. The van der Waals surface area contributed by atoms with Crippen LogP contribution in [-0.4, -0.2) is 12.5 Å². The zero-order valence-corrected chi connectivity index (χ0v) is 11.8. The molecular formula is C16H20N2O. The molecule has 100 valence electrons. The van der Waals surface area contributed by atoms with Gasteiger partial charge in [-0.2, -0.15) is 5.26 Å². The zero-order valence-electron chi connectivity index (χ0n) is 11.8. The van der Waals surface area contributed by atoms with Gasteiger partial charge in [0, 0.05) is 6.54 Å². The van der Waals surface area contributed by atoms with E-state index in [-0.39, 0.29) is 5.91 Å². The molecule has 19 heavy (non-hydrogen) atoms. The molecule has 2 rings (SSSR count). The Morgan fingerprint density at radius 2 is 2.00 bits per heavy atom. The number of carbonyl (C=O) groups excluding carboxylic acids is 1. The minimum atomic E-state index is -0.710. The number of nitriles is 1. The lowest BCUT2D eigenvalue weighted by atomic mass is 9.97. The number of carbonyl (C=O) groups is 1. The van der Waals surface area contributed by atoms with Crippen molar-refractivity contribution in [2.75, 3.05) is 6.54 Å². The summed E-state index contributed by atoms with van der Waals surface area (Å²) in [5.41, 5.74) is 4.48. The predicted octanol–water partition coefficient (Wildman–Crippen LogP) is 2.57. The molecule has 0 bridgehead atoms. The molecule has 0 aromatic heterocycles. The van der Waals surface area contributed by atoms with Crippen molar-refractivity contribution in [2.24, 2.45) is 5.41 Å². The molecule has 1 N–H and O–H groups in total. The second-order valence-electron chi connectivity index (χ2n) is 5.49. The van der Waals surface area contributed by atoms with Crippen LogP contribution in [0.2, 0.25) is 0 Å². The Kier molecular flexibility index (Phi) is 3.61. The van der Waals surface area contributed by atoms with E-state index in [4.69, 9.17) is 5.26 Å². The highest BCUT2D eigenvalue weighted by Crippen LogP contribution is 2.44. The quantitative estimate of drug-likeness (QED) is 0.900. The first-order chi connectivity index (χ1) is 9.00. The fourth-order valence-corrected chi connectivity index (χ4v) is 2.28. The van der Waals surface area contributed by atoms with E-state index in [1.165, 1.54) is 22.3 Å². The number of hydrogen-bond acceptors (Lipinski definition) is 2. The summed E-state index contributed by atoms with van der Waals surface area (Å²) in [5, 5.41) is 11.8. The standard InChI is InChI=1S/C16H20N2O/c1-11-4-5-14(13(3)12(11)2)6-9-18-15(19)16(10-17)7-8-16/h4-5H,6-9H2,1-3H3,(H,18,19). The number of hydrogen-bond donors (Lipinski definition) is 1. The van der Waals surface area contributed by atoms with Crippen molar-refractivity contribution < 1.29 is 4.79 Å². The molecule has 1 aliphatic rings. The molecular weight excluding hydrogens is 236 g/mol. The third-order valence-electron chi connectivity index (χ3n) is 4.25. The van der Waals surface area contributed by atoms with Crippen molar-refractivity contribution in [1.29, 1.82) is 5.26 Å². The molecule has 1 aliphatic carbocycles. The zero-order chi connectivity index (χ0) is 14.0. The van der Waals surface area contributed by atoms with Crippen molar-refractivity contribution in [3.63, 3.8) is 0 Å². The molecule has 1 aromatic carbocycles. The van der Waals surface area contributed by atoms with E-state index >= 15 is 0 Å². The minimum absolute atomic E-state index is 0.100. The smallest absolute Gasteiger partial charge is 0.240 e. The molecule has 1 fully saturated rings. The van der Waals surface area contributed by atoms with Gasteiger partial charge in [-0.05, 0) is 62.3 Å². The summed E-state index contributed by atoms with van der Waals surface area (Å²) in [5.74, 6) is -0.100. The molecule has 0 unspecified atom stereocenters. The van der Waals surface area contributed by atoms with Gasteiger partial charge in [0.1, 0.15) is 5.41 Å². The SMILES string of the molecule is Cc1ccc(CCNC(=O)C2(C#N)CC2)c(C)c1C. The van der Waals surface area contributed by atoms with Gasteiger partial charge in [-0.25, -0.2) is 0 Å². The number of aryl methyl sites for hydroxylation is 1. The summed E-state index contributed by atoms with van der Waals surface area (Å²) in [6.45, 7) is 6.96. The van der Waals surface area contributed by atoms with E-state index in [1.54, 1.807) is 0 Å². The van der Waals surface area contributed by atoms with Crippen LogP contribution in [0.4, 0.5) is 0 Å². The van der Waals surface area contributed by atoms with Gasteiger partial charge in [-0.15, -0.1) is 0 Å². The molecule has 0 aliphatic heterocycles. The number of rotatable bonds is 4. The molecule has 0 heterocycles. The van der Waals surface area contributed by atoms with Crippen molar-refractivity contribution in [3.05, 3.63) is 34.4 Å². The van der Waals surface area contributed by atoms with Crippen LogP contribution < -0.4 is 5.32 Å². The lowest BCUT2D eigenvalue weighted by molar-refractivity contribution is -0.124. The van der Waals surface area contributed by atoms with Crippen LogP contribution in [0.1, 0.15) is 35.1 Å². The molecule has 0 saturated heterocycles. The van der Waals surface area contributed by atoms with Gasteiger partial charge in [0.2, 0.25) is 5.91 Å². The average molecular weight is 256 g/mol. The van der Waals surface area contributed by atoms with Gasteiger partial charge in [-0.1, -0.05) is 12.1 Å². The Labute approximate surface area is 114 Å². The Bertz CT molecular complexity index is 551. The van der Waals surface area contributed by atoms with E-state index in [9.17, 15) is 4.79 Å². The van der Waals surface area contributed by atoms with Crippen LogP contribution in [0.15, 0.2) is 12.1 Å². The second-order valence-corrected chi connectivity index (χ2v) is 5.49. The fraction of sp³-hybridized carbons (Fsp3) is 0.500. The van der Waals surface area contributed by atoms with E-state index in [0.717, 1.165) is 6.42 Å². The Balaban J connectivity index is 1.92. The Morgan fingerprint density at radius 1 is 1.32 bits per heavy atom. The van der Waals surface area contributed by atoms with Gasteiger partial charge >= 0.3 is 0 Å². The number of nitrogens with one attached hydrogen (secondary N) is 1. The third-order valence-corrected chi connectivity index (χ3v) is 4.25. The summed E-state index contributed by atoms with van der Waals surface area (Å²) < 4.78 is 0. The van der Waals surface area contributed by atoms with Crippen LogP contribution in [-0.2, 0) is 11.2 Å². The fourth-order valence-electron chi connectivity index (χ4n) is 2.28. The van der Waals surface area contributed by atoms with Crippen molar-refractivity contribution in [2.45, 2.75) is 40.0 Å². The van der Waals surface area contributed by atoms with Crippen molar-refractivity contribution in [3.8, 4) is 6.07 Å². The van der Waals surface area contributed by atoms with Gasteiger partial charge in [0.25, 0.3) is 0 Å². The maximum absolute atomic E-state index is 11.8. The van der Waals surface area contributed by atoms with Crippen LogP contribution in [0.25, 0.3) is 0 Å². The van der Waals surface area contributed by atoms with Gasteiger partial charge in [-0.3, -0.25) is 4.79 Å². The molecule has 3 heteroatoms. The predicted molar refractivity (Wildman–Crippen MR) is 74.6 cm³/mol. The molecule has 1 saturated carbocycles. The number of nitrogens with zero attached hydrogens (tertiary/aromatic N) is 1. The molecule has 1 aromatic rings. The van der Waals surface area contributed by atoms with Crippen LogP contribution in [0, 0.1) is 37.5 Å². The highest BCUT2D eigenvalue weighted by atomic mass is 16.2. The highest BCUT2D eigenvalue weighted by Gasteiger charge is 2.50.